The molecule has 0 bridgehead atoms. The molecule has 0 saturated heterocycles. The van der Waals surface area contributed by atoms with Crippen molar-refractivity contribution in [2.24, 2.45) is 4.99 Å². The molecule has 0 spiro atoms. The zero-order chi connectivity index (χ0) is 15.1. The first kappa shape index (κ1) is 14.1. The van der Waals surface area contributed by atoms with Crippen LogP contribution >= 0.6 is 11.3 Å². The van der Waals surface area contributed by atoms with Crippen molar-refractivity contribution in [2.45, 2.75) is 20.4 Å². The number of likely N-dealkylation sites (N-methyl/N-ethyl adjacent to an activating group) is 2. The van der Waals surface area contributed by atoms with Crippen LogP contribution in [-0.2, 0) is 6.54 Å². The second-order valence-electron chi connectivity index (χ2n) is 5.50. The van der Waals surface area contributed by atoms with E-state index >= 15 is 0 Å². The molecule has 0 saturated carbocycles. The number of aryl methyl sites for hydroxylation is 1. The van der Waals surface area contributed by atoms with E-state index in [2.05, 4.69) is 30.9 Å². The molecule has 21 heavy (non-hydrogen) atoms. The molecule has 1 aromatic rings. The summed E-state index contributed by atoms with van der Waals surface area (Å²) in [4.78, 5) is 28.0. The van der Waals surface area contributed by atoms with Crippen LogP contribution in [0.4, 0.5) is 0 Å². The lowest BCUT2D eigenvalue weighted by molar-refractivity contribution is 0.101. The molecule has 0 N–H and O–H groups in total. The Morgan fingerprint density at radius 3 is 2.81 bits per heavy atom. The number of hydrogen-bond acceptors (Lipinski definition) is 7. The van der Waals surface area contributed by atoms with Crippen LogP contribution < -0.4 is 0 Å². The summed E-state index contributed by atoms with van der Waals surface area (Å²) in [6.45, 7) is 5.79. The van der Waals surface area contributed by atoms with E-state index in [1.54, 1.807) is 6.92 Å². The minimum Gasteiger partial charge on any atom is -0.352 e. The molecule has 0 aromatic carbocycles. The van der Waals surface area contributed by atoms with E-state index in [1.807, 2.05) is 21.0 Å². The van der Waals surface area contributed by atoms with Crippen molar-refractivity contribution >= 4 is 23.0 Å². The molecule has 3 heterocycles. The van der Waals surface area contributed by atoms with Gasteiger partial charge in [-0.15, -0.1) is 11.3 Å². The first-order valence-electron chi connectivity index (χ1n) is 6.86. The second kappa shape index (κ2) is 5.14. The molecule has 0 radical (unpaired) electrons. The monoisotopic (exact) mass is 305 g/mol. The van der Waals surface area contributed by atoms with Gasteiger partial charge in [-0.05, 0) is 6.92 Å². The number of rotatable bonds is 3. The van der Waals surface area contributed by atoms with Crippen LogP contribution in [-0.4, -0.2) is 58.7 Å². The van der Waals surface area contributed by atoms with Gasteiger partial charge in [-0.1, -0.05) is 0 Å². The fraction of sp³-hybridized carbons (Fsp3) is 0.500. The van der Waals surface area contributed by atoms with Gasteiger partial charge in [0.05, 0.1) is 24.6 Å². The number of carbonyl (C=O) groups excluding carboxylic acids is 1. The van der Waals surface area contributed by atoms with Crippen LogP contribution in [0.25, 0.3) is 0 Å². The van der Waals surface area contributed by atoms with Crippen LogP contribution in [0.2, 0.25) is 0 Å². The van der Waals surface area contributed by atoms with E-state index in [4.69, 9.17) is 0 Å². The maximum Gasteiger partial charge on any atom is 0.188 e. The molecule has 0 atom stereocenters. The minimum absolute atomic E-state index is 0.0356. The predicted molar refractivity (Wildman–Crippen MR) is 83.2 cm³/mol. The molecule has 0 aliphatic carbocycles. The quantitative estimate of drug-likeness (QED) is 0.792. The summed E-state index contributed by atoms with van der Waals surface area (Å²) in [5.74, 6) is 1.08. The van der Waals surface area contributed by atoms with Gasteiger partial charge in [0.25, 0.3) is 0 Å². The Morgan fingerprint density at radius 2 is 2.14 bits per heavy atom. The van der Waals surface area contributed by atoms with E-state index in [0.717, 1.165) is 28.8 Å². The molecule has 0 amide bonds. The van der Waals surface area contributed by atoms with E-state index < -0.39 is 0 Å². The summed E-state index contributed by atoms with van der Waals surface area (Å²) in [5.41, 5.74) is 2.12. The average molecular weight is 305 g/mol. The number of aromatic nitrogens is 1. The largest absolute Gasteiger partial charge is 0.352 e. The lowest BCUT2D eigenvalue weighted by Gasteiger charge is -2.34. The van der Waals surface area contributed by atoms with Crippen molar-refractivity contribution in [3.05, 3.63) is 27.5 Å². The Morgan fingerprint density at radius 1 is 1.38 bits per heavy atom. The van der Waals surface area contributed by atoms with Crippen molar-refractivity contribution in [3.8, 4) is 0 Å². The van der Waals surface area contributed by atoms with Gasteiger partial charge in [0, 0.05) is 32.1 Å². The third kappa shape index (κ3) is 2.53. The topological polar surface area (TPSA) is 52.0 Å². The Kier molecular flexibility index (Phi) is 3.44. The minimum atomic E-state index is 0.0356. The summed E-state index contributed by atoms with van der Waals surface area (Å²) >= 11 is 1.48. The molecule has 0 unspecified atom stereocenters. The number of fused-ring (bicyclic) bond motifs is 1. The maximum atomic E-state index is 11.4. The van der Waals surface area contributed by atoms with Crippen LogP contribution in [0, 0.1) is 6.92 Å². The maximum absolute atomic E-state index is 11.4. The molecule has 2 aliphatic heterocycles. The van der Waals surface area contributed by atoms with Gasteiger partial charge >= 0.3 is 0 Å². The fourth-order valence-corrected chi connectivity index (χ4v) is 3.36. The number of carbonyl (C=O) groups is 1. The highest BCUT2D eigenvalue weighted by molar-refractivity contribution is 7.13. The van der Waals surface area contributed by atoms with Crippen molar-refractivity contribution < 1.29 is 4.79 Å². The highest BCUT2D eigenvalue weighted by Crippen LogP contribution is 2.24. The van der Waals surface area contributed by atoms with Crippen LogP contribution in [0.1, 0.15) is 27.3 Å². The number of ketones is 1. The molecule has 7 heteroatoms. The zero-order valence-corrected chi connectivity index (χ0v) is 13.6. The van der Waals surface area contributed by atoms with E-state index in [1.165, 1.54) is 11.3 Å². The summed E-state index contributed by atoms with van der Waals surface area (Å²) < 4.78 is 0. The average Bonchev–Trinajstić information content (AvgIpc) is 2.96. The van der Waals surface area contributed by atoms with Gasteiger partial charge in [-0.3, -0.25) is 4.79 Å². The standard InChI is InChI=1S/C14H19N5OS/c1-9(20)14-16-11(10(2)21-14)5-19-6-12-13(18(4)8-19)15-7-17(12)3/h6H,5,7-8H2,1-4H3. The molecule has 3 rings (SSSR count). The SMILES string of the molecule is CC(=O)c1nc(CN2C=C3C(=NCN3C)N(C)C2)c(C)s1. The normalized spacial score (nSPS) is 17.8. The highest BCUT2D eigenvalue weighted by Gasteiger charge is 2.28. The van der Waals surface area contributed by atoms with Crippen molar-refractivity contribution in [1.82, 2.24) is 19.7 Å². The highest BCUT2D eigenvalue weighted by atomic mass is 32.1. The molecule has 0 fully saturated rings. The van der Waals surface area contributed by atoms with Gasteiger partial charge < -0.3 is 14.7 Å². The third-order valence-corrected chi connectivity index (χ3v) is 4.79. The van der Waals surface area contributed by atoms with Gasteiger partial charge in [0.1, 0.15) is 6.67 Å². The smallest absolute Gasteiger partial charge is 0.188 e. The molecular weight excluding hydrogens is 286 g/mol. The Bertz CT molecular complexity index is 648. The number of aliphatic imine (C=N–C) groups is 1. The lowest BCUT2D eigenvalue weighted by Crippen LogP contribution is -2.42. The van der Waals surface area contributed by atoms with Gasteiger partial charge in [0.15, 0.2) is 16.6 Å². The Hall–Kier alpha value is -1.89. The van der Waals surface area contributed by atoms with Crippen LogP contribution in [0.3, 0.4) is 0 Å². The van der Waals surface area contributed by atoms with Crippen molar-refractivity contribution in [3.63, 3.8) is 0 Å². The Balaban J connectivity index is 1.83. The van der Waals surface area contributed by atoms with Gasteiger partial charge in [0.2, 0.25) is 0 Å². The summed E-state index contributed by atoms with van der Waals surface area (Å²) in [5, 5.41) is 0.598. The van der Waals surface area contributed by atoms with Crippen molar-refractivity contribution in [1.29, 1.82) is 0 Å². The summed E-state index contributed by atoms with van der Waals surface area (Å²) in [6, 6.07) is 0. The number of thiazole rings is 1. The summed E-state index contributed by atoms with van der Waals surface area (Å²) in [6.07, 6.45) is 2.14. The lowest BCUT2D eigenvalue weighted by atomic mass is 10.3. The molecule has 112 valence electrons. The third-order valence-electron chi connectivity index (χ3n) is 3.68. The number of hydrogen-bond donors (Lipinski definition) is 0. The van der Waals surface area contributed by atoms with Gasteiger partial charge in [-0.2, -0.15) is 0 Å². The van der Waals surface area contributed by atoms with Gasteiger partial charge in [-0.25, -0.2) is 9.98 Å². The van der Waals surface area contributed by atoms with E-state index in [0.29, 0.717) is 18.2 Å². The van der Waals surface area contributed by atoms with Crippen LogP contribution in [0.15, 0.2) is 16.9 Å². The van der Waals surface area contributed by atoms with Crippen LogP contribution in [0.5, 0.6) is 0 Å². The first-order valence-corrected chi connectivity index (χ1v) is 7.67. The second-order valence-corrected chi connectivity index (χ2v) is 6.70. The molecule has 6 nitrogen and oxygen atoms in total. The summed E-state index contributed by atoms with van der Waals surface area (Å²) in [7, 11) is 4.09. The zero-order valence-electron chi connectivity index (χ0n) is 12.8. The number of Topliss-reactive ketones (excluding diaryl/α,β-unsaturated/α-hetero) is 1. The number of amidine groups is 1. The van der Waals surface area contributed by atoms with E-state index in [9.17, 15) is 4.79 Å². The number of nitrogens with zero attached hydrogens (tertiary/aromatic N) is 5. The molecule has 2 aliphatic rings. The van der Waals surface area contributed by atoms with Crippen molar-refractivity contribution in [2.75, 3.05) is 27.4 Å². The molecule has 1 aromatic heterocycles. The predicted octanol–water partition coefficient (Wildman–Crippen LogP) is 1.50. The van der Waals surface area contributed by atoms with E-state index in [-0.39, 0.29) is 5.78 Å². The fourth-order valence-electron chi connectivity index (χ4n) is 2.54. The molecular formula is C14H19N5OS. The Labute approximate surface area is 128 Å². The first-order chi connectivity index (χ1) is 9.95.